The normalized spacial score (nSPS) is 18.2. The Labute approximate surface area is 145 Å². The molecule has 1 atom stereocenters. The van der Waals surface area contributed by atoms with Gasteiger partial charge in [0.1, 0.15) is 0 Å². The number of hydrogen-bond donors (Lipinski definition) is 0. The van der Waals surface area contributed by atoms with E-state index in [0.717, 1.165) is 13.0 Å². The summed E-state index contributed by atoms with van der Waals surface area (Å²) in [6.07, 6.45) is 7.61. The number of aryl methyl sites for hydroxylation is 2. The van der Waals surface area contributed by atoms with Crippen molar-refractivity contribution < 1.29 is 0 Å². The predicted molar refractivity (Wildman–Crippen MR) is 97.3 cm³/mol. The van der Waals surface area contributed by atoms with Crippen molar-refractivity contribution in [3.63, 3.8) is 0 Å². The molecule has 1 aliphatic rings. The van der Waals surface area contributed by atoms with E-state index in [1.54, 1.807) is 4.88 Å². The minimum Gasteiger partial charge on any atom is -0.291 e. The number of nitrogens with zero attached hydrogens (tertiary/aromatic N) is 3. The summed E-state index contributed by atoms with van der Waals surface area (Å²) >= 11 is 3.80. The Morgan fingerprint density at radius 3 is 3.00 bits per heavy atom. The molecule has 0 N–H and O–H groups in total. The van der Waals surface area contributed by atoms with Crippen molar-refractivity contribution in [1.82, 2.24) is 14.7 Å². The summed E-state index contributed by atoms with van der Waals surface area (Å²) < 4.78 is 1.89. The highest BCUT2D eigenvalue weighted by atomic mass is 32.1. The fourth-order valence-electron chi connectivity index (χ4n) is 3.48. The summed E-state index contributed by atoms with van der Waals surface area (Å²) in [5.74, 6) is 0. The maximum Gasteiger partial charge on any atom is 0.0707 e. The molecule has 5 heteroatoms. The zero-order valence-corrected chi connectivity index (χ0v) is 14.9. The van der Waals surface area contributed by atoms with Crippen LogP contribution in [0.25, 0.3) is 0 Å². The zero-order valence-electron chi connectivity index (χ0n) is 13.3. The fourth-order valence-corrected chi connectivity index (χ4v) is 5.26. The van der Waals surface area contributed by atoms with Gasteiger partial charge in [-0.2, -0.15) is 5.10 Å². The molecule has 1 aliphatic heterocycles. The SMILES string of the molecule is Cn1cc(CCCN2CCc3sccc3[C@@H]2c2cccs2)cn1. The highest BCUT2D eigenvalue weighted by Gasteiger charge is 2.29. The van der Waals surface area contributed by atoms with Crippen molar-refractivity contribution in [3.8, 4) is 0 Å². The average Bonchev–Trinajstić information content (AvgIpc) is 3.27. The van der Waals surface area contributed by atoms with Crippen molar-refractivity contribution in [3.05, 3.63) is 62.2 Å². The van der Waals surface area contributed by atoms with E-state index in [1.807, 2.05) is 40.6 Å². The van der Waals surface area contributed by atoms with E-state index in [9.17, 15) is 0 Å². The molecule has 0 radical (unpaired) electrons. The van der Waals surface area contributed by atoms with Crippen LogP contribution in [0.3, 0.4) is 0 Å². The quantitative estimate of drug-likeness (QED) is 0.695. The molecule has 0 unspecified atom stereocenters. The Morgan fingerprint density at radius 1 is 1.26 bits per heavy atom. The lowest BCUT2D eigenvalue weighted by atomic mass is 9.98. The lowest BCUT2D eigenvalue weighted by molar-refractivity contribution is 0.215. The van der Waals surface area contributed by atoms with Gasteiger partial charge in [-0.05, 0) is 59.8 Å². The van der Waals surface area contributed by atoms with E-state index < -0.39 is 0 Å². The van der Waals surface area contributed by atoms with Crippen LogP contribution in [-0.4, -0.2) is 27.8 Å². The second-order valence-electron chi connectivity index (χ2n) is 6.13. The molecule has 0 fully saturated rings. The van der Waals surface area contributed by atoms with Crippen LogP contribution in [0.4, 0.5) is 0 Å². The molecular formula is C18H21N3S2. The van der Waals surface area contributed by atoms with Gasteiger partial charge in [-0.25, -0.2) is 0 Å². The summed E-state index contributed by atoms with van der Waals surface area (Å²) in [4.78, 5) is 5.72. The lowest BCUT2D eigenvalue weighted by Gasteiger charge is -2.35. The highest BCUT2D eigenvalue weighted by molar-refractivity contribution is 7.10. The molecule has 0 aromatic carbocycles. The molecule has 3 aromatic rings. The standard InChI is InChI=1S/C18H21N3S2/c1-20-13-14(12-19-20)4-2-8-21-9-6-16-15(7-11-23-16)18(21)17-5-3-10-22-17/h3,5,7,10-13,18H,2,4,6,8-9H2,1H3/t18-/m1/s1. The van der Waals surface area contributed by atoms with E-state index in [2.05, 4.69) is 45.2 Å². The molecule has 0 aliphatic carbocycles. The number of hydrogen-bond acceptors (Lipinski definition) is 4. The Morgan fingerprint density at radius 2 is 2.22 bits per heavy atom. The van der Waals surface area contributed by atoms with Gasteiger partial charge in [0.25, 0.3) is 0 Å². The van der Waals surface area contributed by atoms with Crippen LogP contribution in [0.15, 0.2) is 41.4 Å². The minimum absolute atomic E-state index is 0.457. The smallest absolute Gasteiger partial charge is 0.0707 e. The Bertz CT molecular complexity index is 757. The van der Waals surface area contributed by atoms with E-state index in [-0.39, 0.29) is 0 Å². The van der Waals surface area contributed by atoms with Crippen LogP contribution in [0.1, 0.15) is 33.3 Å². The molecule has 3 nitrogen and oxygen atoms in total. The van der Waals surface area contributed by atoms with Crippen LogP contribution in [0, 0.1) is 0 Å². The average molecular weight is 344 g/mol. The molecule has 4 heterocycles. The first-order valence-electron chi connectivity index (χ1n) is 8.12. The molecule has 0 saturated heterocycles. The summed E-state index contributed by atoms with van der Waals surface area (Å²) in [7, 11) is 1.99. The number of aromatic nitrogens is 2. The third-order valence-electron chi connectivity index (χ3n) is 4.55. The van der Waals surface area contributed by atoms with Crippen LogP contribution >= 0.6 is 22.7 Å². The first kappa shape index (κ1) is 15.1. The van der Waals surface area contributed by atoms with Gasteiger partial charge in [0.05, 0.1) is 12.2 Å². The van der Waals surface area contributed by atoms with Gasteiger partial charge in [0, 0.05) is 29.5 Å². The van der Waals surface area contributed by atoms with Gasteiger partial charge >= 0.3 is 0 Å². The second-order valence-corrected chi connectivity index (χ2v) is 8.11. The van der Waals surface area contributed by atoms with Crippen LogP contribution in [-0.2, 0) is 19.9 Å². The summed E-state index contributed by atoms with van der Waals surface area (Å²) in [6.45, 7) is 2.32. The number of thiophene rings is 2. The number of fused-ring (bicyclic) bond motifs is 1. The molecule has 0 spiro atoms. The molecule has 0 saturated carbocycles. The van der Waals surface area contributed by atoms with Gasteiger partial charge in [0.2, 0.25) is 0 Å². The van der Waals surface area contributed by atoms with Gasteiger partial charge in [-0.15, -0.1) is 22.7 Å². The molecule has 4 rings (SSSR count). The van der Waals surface area contributed by atoms with Gasteiger partial charge in [-0.1, -0.05) is 6.07 Å². The molecular weight excluding hydrogens is 322 g/mol. The third-order valence-corrected chi connectivity index (χ3v) is 6.47. The highest BCUT2D eigenvalue weighted by Crippen LogP contribution is 2.39. The van der Waals surface area contributed by atoms with E-state index in [0.29, 0.717) is 6.04 Å². The van der Waals surface area contributed by atoms with E-state index >= 15 is 0 Å². The first-order chi connectivity index (χ1) is 11.3. The van der Waals surface area contributed by atoms with Crippen LogP contribution < -0.4 is 0 Å². The minimum atomic E-state index is 0.457. The van der Waals surface area contributed by atoms with Crippen molar-refractivity contribution in [2.24, 2.45) is 7.05 Å². The van der Waals surface area contributed by atoms with Crippen LogP contribution in [0.5, 0.6) is 0 Å². The fraction of sp³-hybridized carbons (Fsp3) is 0.389. The Balaban J connectivity index is 1.48. The summed E-state index contributed by atoms with van der Waals surface area (Å²) in [6, 6.07) is 7.25. The molecule has 23 heavy (non-hydrogen) atoms. The summed E-state index contributed by atoms with van der Waals surface area (Å²) in [5, 5.41) is 8.72. The van der Waals surface area contributed by atoms with Crippen molar-refractivity contribution >= 4 is 22.7 Å². The zero-order chi connectivity index (χ0) is 15.6. The molecule has 0 amide bonds. The summed E-state index contributed by atoms with van der Waals surface area (Å²) in [5.41, 5.74) is 2.87. The second kappa shape index (κ2) is 6.59. The van der Waals surface area contributed by atoms with Gasteiger partial charge in [0.15, 0.2) is 0 Å². The Hall–Kier alpha value is -1.43. The van der Waals surface area contributed by atoms with Crippen molar-refractivity contribution in [2.75, 3.05) is 13.1 Å². The van der Waals surface area contributed by atoms with Crippen LogP contribution in [0.2, 0.25) is 0 Å². The predicted octanol–water partition coefficient (Wildman–Crippen LogP) is 4.12. The molecule has 3 aromatic heterocycles. The van der Waals surface area contributed by atoms with E-state index in [1.165, 1.54) is 35.4 Å². The largest absolute Gasteiger partial charge is 0.291 e. The number of rotatable bonds is 5. The topological polar surface area (TPSA) is 21.1 Å². The third kappa shape index (κ3) is 3.13. The maximum absolute atomic E-state index is 4.27. The van der Waals surface area contributed by atoms with Gasteiger partial charge in [-0.3, -0.25) is 9.58 Å². The maximum atomic E-state index is 4.27. The van der Waals surface area contributed by atoms with E-state index in [4.69, 9.17) is 0 Å². The molecule has 120 valence electrons. The van der Waals surface area contributed by atoms with Crippen molar-refractivity contribution in [1.29, 1.82) is 0 Å². The van der Waals surface area contributed by atoms with Gasteiger partial charge < -0.3 is 0 Å². The monoisotopic (exact) mass is 343 g/mol. The lowest BCUT2D eigenvalue weighted by Crippen LogP contribution is -2.35. The molecule has 0 bridgehead atoms. The van der Waals surface area contributed by atoms with Crippen molar-refractivity contribution in [2.45, 2.75) is 25.3 Å². The first-order valence-corrected chi connectivity index (χ1v) is 9.88. The Kier molecular flexibility index (Phi) is 4.33.